The molecule has 0 bridgehead atoms. The van der Waals surface area contributed by atoms with Crippen molar-refractivity contribution in [2.45, 2.75) is 13.8 Å². The van der Waals surface area contributed by atoms with Crippen LogP contribution in [0.3, 0.4) is 0 Å². The van der Waals surface area contributed by atoms with Crippen molar-refractivity contribution in [1.82, 2.24) is 29.9 Å². The van der Waals surface area contributed by atoms with Crippen LogP contribution in [0.4, 0.5) is 0 Å². The predicted octanol–water partition coefficient (Wildman–Crippen LogP) is 8.50. The Morgan fingerprint density at radius 2 is 0.750 bits per heavy atom. The Bertz CT molecular complexity index is 2140. The van der Waals surface area contributed by atoms with Crippen molar-refractivity contribution in [3.8, 4) is 56.8 Å². The van der Waals surface area contributed by atoms with E-state index in [9.17, 15) is 0 Å². The summed E-state index contributed by atoms with van der Waals surface area (Å²) in [5.74, 6) is 0.912. The Labute approximate surface area is 252 Å². The van der Waals surface area contributed by atoms with Crippen LogP contribution in [0, 0.1) is 13.8 Å². The highest BCUT2D eigenvalue weighted by Gasteiger charge is 2.14. The summed E-state index contributed by atoms with van der Waals surface area (Å²) in [6.07, 6.45) is 0. The van der Waals surface area contributed by atoms with Crippen LogP contribution in [-0.4, -0.2) is 29.9 Å². The minimum absolute atomic E-state index is 0.456. The average molecular weight is 573 g/mol. The van der Waals surface area contributed by atoms with E-state index < -0.39 is 0 Å². The molecular weight excluding hydrogens is 548 g/mol. The smallest absolute Gasteiger partial charge is 0.247 e. The van der Waals surface area contributed by atoms with Crippen LogP contribution in [0.25, 0.3) is 79.3 Å². The van der Waals surface area contributed by atoms with Crippen molar-refractivity contribution in [3.05, 3.63) is 121 Å². The van der Waals surface area contributed by atoms with Crippen molar-refractivity contribution in [1.29, 1.82) is 0 Å². The fourth-order valence-corrected chi connectivity index (χ4v) is 5.14. The van der Waals surface area contributed by atoms with Gasteiger partial charge in [0.05, 0.1) is 11.4 Å². The molecule has 0 aliphatic carbocycles. The van der Waals surface area contributed by atoms with Gasteiger partial charge in [0, 0.05) is 22.5 Å². The average Bonchev–Trinajstić information content (AvgIpc) is 3.69. The fraction of sp³-hybridized carbons (Fsp3) is 0.0556. The first-order valence-corrected chi connectivity index (χ1v) is 14.2. The lowest BCUT2D eigenvalue weighted by atomic mass is 10.0. The van der Waals surface area contributed by atoms with Gasteiger partial charge in [-0.3, -0.25) is 0 Å². The van der Waals surface area contributed by atoms with Crippen LogP contribution in [0.5, 0.6) is 0 Å². The predicted molar refractivity (Wildman–Crippen MR) is 169 cm³/mol. The maximum Gasteiger partial charge on any atom is 0.247 e. The molecule has 0 aliphatic heterocycles. The van der Waals surface area contributed by atoms with E-state index in [2.05, 4.69) is 68.5 Å². The van der Waals surface area contributed by atoms with E-state index in [-0.39, 0.29) is 0 Å². The molecule has 2 aromatic carbocycles. The molecule has 0 saturated carbocycles. The molecule has 8 rings (SSSR count). The van der Waals surface area contributed by atoms with E-state index in [1.807, 2.05) is 74.5 Å². The number of aromatic nitrogens is 6. The van der Waals surface area contributed by atoms with E-state index in [0.717, 1.165) is 45.0 Å². The van der Waals surface area contributed by atoms with Gasteiger partial charge >= 0.3 is 0 Å². The SMILES string of the molecule is Cc1ccc2oc(-c3cccc(-c4ccc(-c5ccc(-c6cccc(-c7nc8nc(C)ccc8o7)n6)cc5)cc4)n3)nc2n1. The van der Waals surface area contributed by atoms with E-state index in [0.29, 0.717) is 45.6 Å². The minimum atomic E-state index is 0.456. The van der Waals surface area contributed by atoms with Gasteiger partial charge < -0.3 is 8.83 Å². The van der Waals surface area contributed by atoms with Gasteiger partial charge in [-0.05, 0) is 73.5 Å². The molecule has 0 atom stereocenters. The number of oxazole rings is 2. The van der Waals surface area contributed by atoms with Gasteiger partial charge in [-0.15, -0.1) is 0 Å². The zero-order chi connectivity index (χ0) is 29.6. The first-order valence-electron chi connectivity index (χ1n) is 14.2. The third-order valence-corrected chi connectivity index (χ3v) is 7.42. The second kappa shape index (κ2) is 10.4. The van der Waals surface area contributed by atoms with Crippen LogP contribution in [0.2, 0.25) is 0 Å². The molecule has 8 heteroatoms. The molecule has 0 aliphatic rings. The molecule has 0 saturated heterocycles. The van der Waals surface area contributed by atoms with Gasteiger partial charge in [0.2, 0.25) is 11.8 Å². The zero-order valence-corrected chi connectivity index (χ0v) is 23.9. The lowest BCUT2D eigenvalue weighted by Gasteiger charge is -2.07. The van der Waals surface area contributed by atoms with Gasteiger partial charge in [0.1, 0.15) is 11.4 Å². The van der Waals surface area contributed by atoms with Crippen LogP contribution in [0.15, 0.2) is 118 Å². The maximum absolute atomic E-state index is 5.91. The molecule has 8 aromatic rings. The summed E-state index contributed by atoms with van der Waals surface area (Å²) < 4.78 is 11.8. The summed E-state index contributed by atoms with van der Waals surface area (Å²) in [4.78, 5) is 27.6. The molecule has 210 valence electrons. The minimum Gasteiger partial charge on any atom is -0.433 e. The monoisotopic (exact) mass is 572 g/mol. The highest BCUT2D eigenvalue weighted by atomic mass is 16.4. The fourth-order valence-electron chi connectivity index (χ4n) is 5.14. The summed E-state index contributed by atoms with van der Waals surface area (Å²) in [7, 11) is 0. The Hall–Kier alpha value is -6.02. The molecule has 0 N–H and O–H groups in total. The van der Waals surface area contributed by atoms with E-state index in [1.54, 1.807) is 0 Å². The van der Waals surface area contributed by atoms with Crippen molar-refractivity contribution in [2.75, 3.05) is 0 Å². The largest absolute Gasteiger partial charge is 0.433 e. The highest BCUT2D eigenvalue weighted by Crippen LogP contribution is 2.30. The van der Waals surface area contributed by atoms with Gasteiger partial charge in [-0.25, -0.2) is 19.9 Å². The van der Waals surface area contributed by atoms with Crippen molar-refractivity contribution in [2.24, 2.45) is 0 Å². The number of rotatable bonds is 5. The van der Waals surface area contributed by atoms with E-state index >= 15 is 0 Å². The van der Waals surface area contributed by atoms with Crippen LogP contribution in [-0.2, 0) is 0 Å². The van der Waals surface area contributed by atoms with Crippen LogP contribution < -0.4 is 0 Å². The Kier molecular flexibility index (Phi) is 6.04. The first-order chi connectivity index (χ1) is 21.6. The molecule has 0 fully saturated rings. The maximum atomic E-state index is 5.91. The molecule has 8 nitrogen and oxygen atoms in total. The molecule has 44 heavy (non-hydrogen) atoms. The number of fused-ring (bicyclic) bond motifs is 2. The van der Waals surface area contributed by atoms with Gasteiger partial charge in [0.25, 0.3) is 0 Å². The molecule has 0 amide bonds. The second-order valence-electron chi connectivity index (χ2n) is 10.6. The molecule has 6 heterocycles. The third-order valence-electron chi connectivity index (χ3n) is 7.42. The Morgan fingerprint density at radius 1 is 0.364 bits per heavy atom. The summed E-state index contributed by atoms with van der Waals surface area (Å²) in [5, 5.41) is 0. The lowest BCUT2D eigenvalue weighted by Crippen LogP contribution is -1.89. The highest BCUT2D eigenvalue weighted by molar-refractivity contribution is 5.75. The molecule has 0 spiro atoms. The topological polar surface area (TPSA) is 104 Å². The lowest BCUT2D eigenvalue weighted by molar-refractivity contribution is 0.616. The normalized spacial score (nSPS) is 11.4. The molecule has 6 aromatic heterocycles. The first kappa shape index (κ1) is 25.7. The number of hydrogen-bond donors (Lipinski definition) is 0. The van der Waals surface area contributed by atoms with Crippen molar-refractivity contribution >= 4 is 22.5 Å². The standard InChI is InChI=1S/C36H24N6O2/c1-21-9-19-31-33(37-21)41-35(43-31)29-7-3-5-27(39-29)25-15-11-23(12-16-25)24-13-17-26(18-14-24)28-6-4-8-30(40-28)36-42-34-32(44-36)20-10-22(2)38-34/h3-20H,1-2H3. The number of benzene rings is 2. The Morgan fingerprint density at radius 3 is 1.18 bits per heavy atom. The number of pyridine rings is 4. The molecular formula is C36H24N6O2. The van der Waals surface area contributed by atoms with Gasteiger partial charge in [0.15, 0.2) is 22.5 Å². The van der Waals surface area contributed by atoms with E-state index in [1.165, 1.54) is 0 Å². The number of aryl methyl sites for hydroxylation is 2. The summed E-state index contributed by atoms with van der Waals surface area (Å²) in [5.41, 5.74) is 11.5. The zero-order valence-electron chi connectivity index (χ0n) is 23.9. The van der Waals surface area contributed by atoms with E-state index in [4.69, 9.17) is 18.8 Å². The van der Waals surface area contributed by atoms with Crippen LogP contribution in [0.1, 0.15) is 11.4 Å². The summed E-state index contributed by atoms with van der Waals surface area (Å²) in [6.45, 7) is 3.86. The number of nitrogens with zero attached hydrogens (tertiary/aromatic N) is 6. The van der Waals surface area contributed by atoms with Crippen LogP contribution >= 0.6 is 0 Å². The summed E-state index contributed by atoms with van der Waals surface area (Å²) in [6, 6.07) is 36.0. The quantitative estimate of drug-likeness (QED) is 0.202. The van der Waals surface area contributed by atoms with Gasteiger partial charge in [-0.2, -0.15) is 9.97 Å². The van der Waals surface area contributed by atoms with Crippen molar-refractivity contribution in [3.63, 3.8) is 0 Å². The van der Waals surface area contributed by atoms with Gasteiger partial charge in [-0.1, -0.05) is 60.7 Å². The Balaban J connectivity index is 1.02. The molecule has 0 radical (unpaired) electrons. The second-order valence-corrected chi connectivity index (χ2v) is 10.6. The third kappa shape index (κ3) is 4.78. The summed E-state index contributed by atoms with van der Waals surface area (Å²) >= 11 is 0. The van der Waals surface area contributed by atoms with Crippen molar-refractivity contribution < 1.29 is 8.83 Å². The number of hydrogen-bond acceptors (Lipinski definition) is 8. The molecule has 0 unspecified atom stereocenters.